The summed E-state index contributed by atoms with van der Waals surface area (Å²) in [7, 11) is 0. The first kappa shape index (κ1) is 14.0. The van der Waals surface area contributed by atoms with Gasteiger partial charge in [0.1, 0.15) is 0 Å². The minimum atomic E-state index is -2.27. The van der Waals surface area contributed by atoms with Crippen LogP contribution in [0.1, 0.15) is 0 Å². The number of aliphatic hydroxyl groups is 2. The number of carboxylic acid groups (broad SMARTS) is 2. The molecule has 0 fully saturated rings. The summed E-state index contributed by atoms with van der Waals surface area (Å²) < 4.78 is 8.30. The molecule has 12 heavy (non-hydrogen) atoms. The Kier molecular flexibility index (Phi) is 8.35. The van der Waals surface area contributed by atoms with Gasteiger partial charge in [0.2, 0.25) is 0 Å². The number of hydrogen-bond donors (Lipinski definition) is 4. The van der Waals surface area contributed by atoms with Gasteiger partial charge in [0.05, 0.1) is 0 Å². The van der Waals surface area contributed by atoms with Crippen LogP contribution in [-0.2, 0) is 12.6 Å². The van der Waals surface area contributed by atoms with Crippen molar-refractivity contribution in [2.75, 3.05) is 0 Å². The number of aliphatic carboxylic acids is 2. The molecule has 69 valence electrons. The van der Waals surface area contributed by atoms with Gasteiger partial charge >= 0.3 is 38.0 Å². The molecular weight excluding hydrogens is 282 g/mol. The van der Waals surface area contributed by atoms with Gasteiger partial charge < -0.3 is 20.4 Å². The van der Waals surface area contributed by atoms with Crippen molar-refractivity contribution in [2.24, 2.45) is 0 Å². The Morgan fingerprint density at radius 2 is 1.08 bits per heavy atom. The molecule has 2 unspecified atom stereocenters. The second-order valence-electron chi connectivity index (χ2n) is 1.57. The first-order valence-corrected chi connectivity index (χ1v) is 3.51. The molecule has 0 saturated heterocycles. The maximum atomic E-state index is 9.77. The zero-order valence-electron chi connectivity index (χ0n) is 5.62. The molecule has 0 aromatic rings. The monoisotopic (exact) mass is 287 g/mol. The van der Waals surface area contributed by atoms with Crippen LogP contribution in [0.4, 0.5) is 0 Å². The number of rotatable bonds is 3. The molecule has 0 aliphatic carbocycles. The maximum absolute atomic E-state index is 9.77. The van der Waals surface area contributed by atoms with Crippen LogP contribution < -0.4 is 0 Å². The Bertz CT molecular complexity index is 151. The Hall–Kier alpha value is -0.522. The normalized spacial score (nSPS) is 13.5. The summed E-state index contributed by atoms with van der Waals surface area (Å²) in [5, 5.41) is 32.5. The van der Waals surface area contributed by atoms with Crippen molar-refractivity contribution in [3.63, 3.8) is 0 Å². The van der Waals surface area contributed by atoms with Gasteiger partial charge in [-0.05, 0) is 0 Å². The van der Waals surface area contributed by atoms with Crippen molar-refractivity contribution >= 4 is 35.0 Å². The minimum absolute atomic E-state index is 0.500. The van der Waals surface area contributed by atoms with Gasteiger partial charge in [-0.1, -0.05) is 0 Å². The molecule has 0 heterocycles. The van der Waals surface area contributed by atoms with E-state index in [0.717, 1.165) is 0 Å². The van der Waals surface area contributed by atoms with Crippen molar-refractivity contribution in [3.8, 4) is 0 Å². The summed E-state index contributed by atoms with van der Waals surface area (Å²) in [6.45, 7) is 0. The average Bonchev–Trinajstić information content (AvgIpc) is 2.05. The van der Waals surface area contributed by atoms with Crippen molar-refractivity contribution in [1.29, 1.82) is 0 Å². The van der Waals surface area contributed by atoms with E-state index in [0.29, 0.717) is 23.0 Å². The van der Waals surface area contributed by atoms with Gasteiger partial charge in [0, 0.05) is 0 Å². The van der Waals surface area contributed by atoms with Gasteiger partial charge in [0.25, 0.3) is 0 Å². The van der Waals surface area contributed by atoms with Crippen molar-refractivity contribution in [3.05, 3.63) is 0 Å². The van der Waals surface area contributed by atoms with E-state index in [-0.39, 0.29) is 0 Å². The second-order valence-corrected chi connectivity index (χ2v) is 1.57. The molecule has 4 N–H and O–H groups in total. The van der Waals surface area contributed by atoms with Crippen LogP contribution in [0.2, 0.25) is 0 Å². The number of carboxylic acids is 2. The standard InChI is InChI=1S/C4H6O6.O.Sb/c5-1(3(7)8)2(6)4(9)10;;/h1-2,5-6H,(H,7,8)(H,9,10);;. The van der Waals surface area contributed by atoms with Crippen LogP contribution in [0.15, 0.2) is 0 Å². The Morgan fingerprint density at radius 1 is 0.917 bits per heavy atom. The van der Waals surface area contributed by atoms with Crippen LogP contribution in [0.5, 0.6) is 0 Å². The molecule has 0 amide bonds. The van der Waals surface area contributed by atoms with Crippen LogP contribution in [0, 0.1) is 0 Å². The number of hydrogen-bond acceptors (Lipinski definition) is 5. The average molecular weight is 288 g/mol. The van der Waals surface area contributed by atoms with E-state index in [9.17, 15) is 9.59 Å². The third-order valence-electron chi connectivity index (χ3n) is 0.805. The van der Waals surface area contributed by atoms with Crippen molar-refractivity contribution in [2.45, 2.75) is 12.2 Å². The Morgan fingerprint density at radius 3 is 1.17 bits per heavy atom. The first-order valence-electron chi connectivity index (χ1n) is 2.47. The number of aliphatic hydroxyl groups excluding tert-OH is 2. The van der Waals surface area contributed by atoms with Gasteiger partial charge in [0.15, 0.2) is 12.2 Å². The van der Waals surface area contributed by atoms with Gasteiger partial charge in [-0.25, -0.2) is 9.59 Å². The third kappa shape index (κ3) is 5.17. The van der Waals surface area contributed by atoms with E-state index in [1.807, 2.05) is 0 Å². The zero-order chi connectivity index (χ0) is 10.3. The van der Waals surface area contributed by atoms with Crippen LogP contribution >= 0.6 is 0 Å². The van der Waals surface area contributed by atoms with Crippen LogP contribution in [-0.4, -0.2) is 67.6 Å². The molecule has 0 bridgehead atoms. The molecule has 0 aliphatic rings. The van der Waals surface area contributed by atoms with Crippen LogP contribution in [0.3, 0.4) is 0 Å². The molecule has 0 aliphatic heterocycles. The molecule has 0 rings (SSSR count). The molecule has 7 nitrogen and oxygen atoms in total. The second kappa shape index (κ2) is 7.14. The molecule has 8 heteroatoms. The molecule has 0 saturated carbocycles. The summed E-state index contributed by atoms with van der Waals surface area (Å²) in [4.78, 5) is 19.5. The number of carbonyl (C=O) groups is 2. The predicted molar refractivity (Wildman–Crippen MR) is 33.7 cm³/mol. The zero-order valence-corrected chi connectivity index (χ0v) is 8.17. The molecule has 0 aromatic carbocycles. The summed E-state index contributed by atoms with van der Waals surface area (Å²) >= 11 is 0.500. The fraction of sp³-hybridized carbons (Fsp3) is 0.500. The summed E-state index contributed by atoms with van der Waals surface area (Å²) in [6.07, 6.45) is -4.53. The van der Waals surface area contributed by atoms with Crippen molar-refractivity contribution in [1.82, 2.24) is 0 Å². The van der Waals surface area contributed by atoms with E-state index in [2.05, 4.69) is 0 Å². The molecular formula is C4H6O7Sb. The van der Waals surface area contributed by atoms with Gasteiger partial charge in [-0.3, -0.25) is 0 Å². The van der Waals surface area contributed by atoms with E-state index in [1.54, 1.807) is 0 Å². The van der Waals surface area contributed by atoms with E-state index in [1.165, 1.54) is 0 Å². The third-order valence-corrected chi connectivity index (χ3v) is 0.805. The van der Waals surface area contributed by atoms with Gasteiger partial charge in [-0.15, -0.1) is 0 Å². The first-order chi connectivity index (χ1) is 5.46. The van der Waals surface area contributed by atoms with E-state index in [4.69, 9.17) is 23.4 Å². The SMILES string of the molecule is O=C(O)C(O)C(O)C(=O)O.[O]=[Sb]. The summed E-state index contributed by atoms with van der Waals surface area (Å²) in [5.74, 6) is -3.54. The quantitative estimate of drug-likeness (QED) is 0.418. The summed E-state index contributed by atoms with van der Waals surface area (Å²) in [6, 6.07) is 0. The van der Waals surface area contributed by atoms with E-state index >= 15 is 0 Å². The molecule has 0 spiro atoms. The Balaban J connectivity index is 0. The predicted octanol–water partition coefficient (Wildman–Crippen LogP) is -2.62. The Labute approximate surface area is 80.5 Å². The topological polar surface area (TPSA) is 132 Å². The summed E-state index contributed by atoms with van der Waals surface area (Å²) in [5.41, 5.74) is 0. The van der Waals surface area contributed by atoms with Crippen molar-refractivity contribution < 1.29 is 33.0 Å². The van der Waals surface area contributed by atoms with Gasteiger partial charge in [-0.2, -0.15) is 0 Å². The van der Waals surface area contributed by atoms with E-state index < -0.39 is 24.1 Å². The fourth-order valence-corrected chi connectivity index (χ4v) is 0.270. The van der Waals surface area contributed by atoms with Crippen LogP contribution in [0.25, 0.3) is 0 Å². The molecule has 1 radical (unpaired) electrons. The molecule has 0 aromatic heterocycles. The molecule has 2 atom stereocenters. The fourth-order valence-electron chi connectivity index (χ4n) is 0.270.